The van der Waals surface area contributed by atoms with Gasteiger partial charge in [-0.15, -0.1) is 0 Å². The van der Waals surface area contributed by atoms with Crippen LogP contribution in [-0.4, -0.2) is 28.0 Å². The predicted octanol–water partition coefficient (Wildman–Crippen LogP) is 4.10. The molecule has 1 atom stereocenters. The van der Waals surface area contributed by atoms with E-state index in [1.807, 2.05) is 51.1 Å². The number of carbonyl (C=O) groups excluding carboxylic acids is 1. The number of aryl methyl sites for hydroxylation is 2. The maximum absolute atomic E-state index is 12.7. The zero-order valence-corrected chi connectivity index (χ0v) is 16.0. The van der Waals surface area contributed by atoms with Gasteiger partial charge in [-0.25, -0.2) is 0 Å². The van der Waals surface area contributed by atoms with E-state index in [1.54, 1.807) is 30.4 Å². The molecule has 0 fully saturated rings. The summed E-state index contributed by atoms with van der Waals surface area (Å²) in [6, 6.07) is 11.3. The van der Waals surface area contributed by atoms with Gasteiger partial charge < -0.3 is 14.2 Å². The third kappa shape index (κ3) is 4.34. The standard InChI is InChI=1S/C21H23N3O3/c1-14-7-8-15(2)20(10-14)26-13-18-11-19(23-27-18)21(25)24(4)16(3)17-6-5-9-22-12-17/h5-12,16H,13H2,1-4H3. The number of carbonyl (C=O) groups is 1. The lowest BCUT2D eigenvalue weighted by Gasteiger charge is -2.24. The molecule has 0 aliphatic rings. The van der Waals surface area contributed by atoms with Crippen molar-refractivity contribution in [1.82, 2.24) is 15.0 Å². The Kier molecular flexibility index (Phi) is 5.54. The molecule has 1 amide bonds. The first-order chi connectivity index (χ1) is 13.0. The Morgan fingerprint density at radius 3 is 2.81 bits per heavy atom. The summed E-state index contributed by atoms with van der Waals surface area (Å²) in [6.07, 6.45) is 3.46. The summed E-state index contributed by atoms with van der Waals surface area (Å²) in [4.78, 5) is 18.4. The maximum Gasteiger partial charge on any atom is 0.276 e. The second-order valence-electron chi connectivity index (χ2n) is 6.61. The summed E-state index contributed by atoms with van der Waals surface area (Å²) in [5.41, 5.74) is 3.37. The van der Waals surface area contributed by atoms with E-state index in [-0.39, 0.29) is 24.2 Å². The highest BCUT2D eigenvalue weighted by molar-refractivity contribution is 5.92. The number of ether oxygens (including phenoxy) is 1. The van der Waals surface area contributed by atoms with Crippen molar-refractivity contribution in [2.45, 2.75) is 33.4 Å². The molecular formula is C21H23N3O3. The largest absolute Gasteiger partial charge is 0.485 e. The van der Waals surface area contributed by atoms with Crippen molar-refractivity contribution < 1.29 is 14.1 Å². The van der Waals surface area contributed by atoms with Crippen LogP contribution in [0.3, 0.4) is 0 Å². The summed E-state index contributed by atoms with van der Waals surface area (Å²) in [5.74, 6) is 1.08. The quantitative estimate of drug-likeness (QED) is 0.658. The molecule has 1 unspecified atom stereocenters. The van der Waals surface area contributed by atoms with Crippen molar-refractivity contribution in [2.24, 2.45) is 0 Å². The number of amides is 1. The summed E-state index contributed by atoms with van der Waals surface area (Å²) >= 11 is 0. The molecule has 0 saturated carbocycles. The molecule has 2 aromatic heterocycles. The fraction of sp³-hybridized carbons (Fsp3) is 0.286. The molecule has 0 spiro atoms. The van der Waals surface area contributed by atoms with Crippen molar-refractivity contribution >= 4 is 5.91 Å². The van der Waals surface area contributed by atoms with Gasteiger partial charge in [0.2, 0.25) is 0 Å². The van der Waals surface area contributed by atoms with Crippen molar-refractivity contribution in [3.63, 3.8) is 0 Å². The van der Waals surface area contributed by atoms with Crippen LogP contribution < -0.4 is 4.74 Å². The van der Waals surface area contributed by atoms with Gasteiger partial charge in [-0.2, -0.15) is 0 Å². The average molecular weight is 365 g/mol. The minimum atomic E-state index is -0.215. The number of rotatable bonds is 6. The van der Waals surface area contributed by atoms with Crippen LogP contribution in [0.4, 0.5) is 0 Å². The maximum atomic E-state index is 12.7. The zero-order chi connectivity index (χ0) is 19.4. The number of nitrogens with zero attached hydrogens (tertiary/aromatic N) is 3. The van der Waals surface area contributed by atoms with E-state index in [0.717, 1.165) is 22.4 Å². The Hall–Kier alpha value is -3.15. The van der Waals surface area contributed by atoms with Gasteiger partial charge in [0, 0.05) is 25.5 Å². The number of hydrogen-bond donors (Lipinski definition) is 0. The zero-order valence-electron chi connectivity index (χ0n) is 16.0. The minimum Gasteiger partial charge on any atom is -0.485 e. The molecule has 3 rings (SSSR count). The molecule has 3 aromatic rings. The summed E-state index contributed by atoms with van der Waals surface area (Å²) in [7, 11) is 1.74. The van der Waals surface area contributed by atoms with E-state index in [9.17, 15) is 4.79 Å². The van der Waals surface area contributed by atoms with Gasteiger partial charge in [0.15, 0.2) is 11.5 Å². The van der Waals surface area contributed by atoms with Gasteiger partial charge in [0.1, 0.15) is 12.4 Å². The molecular weight excluding hydrogens is 342 g/mol. The van der Waals surface area contributed by atoms with E-state index < -0.39 is 0 Å². The SMILES string of the molecule is Cc1ccc(C)c(OCc2cc(C(=O)N(C)C(C)c3cccnc3)no2)c1. The lowest BCUT2D eigenvalue weighted by molar-refractivity contribution is 0.0731. The first-order valence-electron chi connectivity index (χ1n) is 8.78. The van der Waals surface area contributed by atoms with Gasteiger partial charge in [0.25, 0.3) is 5.91 Å². The molecule has 140 valence electrons. The third-order valence-electron chi connectivity index (χ3n) is 4.56. The molecule has 6 nitrogen and oxygen atoms in total. The van der Waals surface area contributed by atoms with E-state index >= 15 is 0 Å². The van der Waals surface area contributed by atoms with Crippen molar-refractivity contribution in [1.29, 1.82) is 0 Å². The highest BCUT2D eigenvalue weighted by Crippen LogP contribution is 2.22. The molecule has 0 bridgehead atoms. The van der Waals surface area contributed by atoms with Gasteiger partial charge in [0.05, 0.1) is 6.04 Å². The van der Waals surface area contributed by atoms with E-state index in [2.05, 4.69) is 10.1 Å². The van der Waals surface area contributed by atoms with Crippen LogP contribution in [0.5, 0.6) is 5.75 Å². The Morgan fingerprint density at radius 1 is 1.26 bits per heavy atom. The van der Waals surface area contributed by atoms with Crippen LogP contribution in [-0.2, 0) is 6.61 Å². The van der Waals surface area contributed by atoms with Gasteiger partial charge in [-0.1, -0.05) is 23.4 Å². The van der Waals surface area contributed by atoms with Crippen LogP contribution in [0.1, 0.15) is 45.9 Å². The van der Waals surface area contributed by atoms with Crippen LogP contribution >= 0.6 is 0 Å². The van der Waals surface area contributed by atoms with Crippen LogP contribution in [0.25, 0.3) is 0 Å². The van der Waals surface area contributed by atoms with Gasteiger partial charge >= 0.3 is 0 Å². The van der Waals surface area contributed by atoms with Crippen LogP contribution in [0.15, 0.2) is 53.3 Å². The first-order valence-corrected chi connectivity index (χ1v) is 8.78. The van der Waals surface area contributed by atoms with Crippen molar-refractivity contribution in [3.8, 4) is 5.75 Å². The second kappa shape index (κ2) is 8.03. The fourth-order valence-electron chi connectivity index (χ4n) is 2.70. The number of benzene rings is 1. The molecule has 0 saturated heterocycles. The second-order valence-corrected chi connectivity index (χ2v) is 6.61. The lowest BCUT2D eigenvalue weighted by Crippen LogP contribution is -2.29. The summed E-state index contributed by atoms with van der Waals surface area (Å²) < 4.78 is 11.1. The van der Waals surface area contributed by atoms with Crippen LogP contribution in [0, 0.1) is 13.8 Å². The Morgan fingerprint density at radius 2 is 2.07 bits per heavy atom. The molecule has 27 heavy (non-hydrogen) atoms. The Balaban J connectivity index is 1.66. The Labute approximate surface area is 158 Å². The smallest absolute Gasteiger partial charge is 0.276 e. The molecule has 2 heterocycles. The highest BCUT2D eigenvalue weighted by Gasteiger charge is 2.22. The number of aromatic nitrogens is 2. The lowest BCUT2D eigenvalue weighted by atomic mass is 10.1. The third-order valence-corrected chi connectivity index (χ3v) is 4.56. The van der Waals surface area contributed by atoms with Crippen molar-refractivity contribution in [3.05, 3.63) is 76.9 Å². The van der Waals surface area contributed by atoms with E-state index in [1.165, 1.54) is 0 Å². The molecule has 0 N–H and O–H groups in total. The van der Waals surface area contributed by atoms with E-state index in [0.29, 0.717) is 5.76 Å². The normalized spacial score (nSPS) is 11.9. The minimum absolute atomic E-state index is 0.127. The Bertz CT molecular complexity index is 921. The number of hydrogen-bond acceptors (Lipinski definition) is 5. The van der Waals surface area contributed by atoms with Crippen molar-refractivity contribution in [2.75, 3.05) is 7.05 Å². The highest BCUT2D eigenvalue weighted by atomic mass is 16.5. The first kappa shape index (κ1) is 18.6. The monoisotopic (exact) mass is 365 g/mol. The van der Waals surface area contributed by atoms with Gasteiger partial charge in [-0.3, -0.25) is 9.78 Å². The average Bonchev–Trinajstić information content (AvgIpc) is 3.16. The summed E-state index contributed by atoms with van der Waals surface area (Å²) in [6.45, 7) is 6.15. The molecule has 6 heteroatoms. The fourth-order valence-corrected chi connectivity index (χ4v) is 2.70. The van der Waals surface area contributed by atoms with E-state index in [4.69, 9.17) is 9.26 Å². The van der Waals surface area contributed by atoms with Gasteiger partial charge in [-0.05, 0) is 49.6 Å². The molecule has 0 aliphatic heterocycles. The number of pyridine rings is 1. The van der Waals surface area contributed by atoms with Crippen LogP contribution in [0.2, 0.25) is 0 Å². The summed E-state index contributed by atoms with van der Waals surface area (Å²) in [5, 5.41) is 3.90. The predicted molar refractivity (Wildman–Crippen MR) is 101 cm³/mol. The molecule has 1 aromatic carbocycles. The molecule has 0 aliphatic carbocycles. The molecule has 0 radical (unpaired) electrons. The topological polar surface area (TPSA) is 68.5 Å².